The van der Waals surface area contributed by atoms with Crippen molar-refractivity contribution in [3.05, 3.63) is 125 Å². The SMILES string of the molecule is CC(C)(C)OC(=O)N1CCN(C(=O)c2ccc(NC(=O)Nc3ccccc3)c(N3CCCN(C(c4ccc(F)cc4)c4ccc(F)cc4)CC3)c2)CC1. The Morgan fingerprint density at radius 3 is 1.89 bits per heavy atom. The molecule has 278 valence electrons. The van der Waals surface area contributed by atoms with Gasteiger partial charge < -0.3 is 30.1 Å². The number of halogens is 2. The van der Waals surface area contributed by atoms with E-state index in [1.807, 2.05) is 45.0 Å². The third-order valence-electron chi connectivity index (χ3n) is 9.35. The van der Waals surface area contributed by atoms with Crippen LogP contribution in [0.15, 0.2) is 97.1 Å². The Morgan fingerprint density at radius 1 is 0.679 bits per heavy atom. The Balaban J connectivity index is 1.24. The van der Waals surface area contributed by atoms with E-state index >= 15 is 0 Å². The average molecular weight is 725 g/mol. The smallest absolute Gasteiger partial charge is 0.410 e. The largest absolute Gasteiger partial charge is 0.444 e. The highest BCUT2D eigenvalue weighted by Crippen LogP contribution is 2.33. The van der Waals surface area contributed by atoms with Crippen LogP contribution in [0.3, 0.4) is 0 Å². The number of hydrogen-bond acceptors (Lipinski definition) is 6. The fourth-order valence-electron chi connectivity index (χ4n) is 6.78. The molecule has 10 nitrogen and oxygen atoms in total. The number of anilines is 3. The molecule has 2 fully saturated rings. The zero-order chi connectivity index (χ0) is 37.5. The van der Waals surface area contributed by atoms with Gasteiger partial charge in [0.15, 0.2) is 0 Å². The predicted molar refractivity (Wildman–Crippen MR) is 202 cm³/mol. The van der Waals surface area contributed by atoms with Gasteiger partial charge in [-0.1, -0.05) is 42.5 Å². The van der Waals surface area contributed by atoms with Gasteiger partial charge >= 0.3 is 12.1 Å². The Morgan fingerprint density at radius 2 is 1.28 bits per heavy atom. The lowest BCUT2D eigenvalue weighted by atomic mass is 9.96. The highest BCUT2D eigenvalue weighted by Gasteiger charge is 2.30. The Hall–Kier alpha value is -5.49. The molecule has 0 aliphatic carbocycles. The second-order valence-corrected chi connectivity index (χ2v) is 14.3. The number of ether oxygens (including phenoxy) is 1. The number of para-hydroxylation sites is 1. The normalized spacial score (nSPS) is 15.5. The lowest BCUT2D eigenvalue weighted by Crippen LogP contribution is -2.51. The molecule has 0 unspecified atom stereocenters. The zero-order valence-corrected chi connectivity index (χ0v) is 30.4. The topological polar surface area (TPSA) is 97.5 Å². The molecule has 0 bridgehead atoms. The molecule has 2 aliphatic rings. The van der Waals surface area contributed by atoms with Crippen LogP contribution >= 0.6 is 0 Å². The number of piperazine rings is 1. The average Bonchev–Trinajstić information content (AvgIpc) is 3.39. The summed E-state index contributed by atoms with van der Waals surface area (Å²) in [6.45, 7) is 9.40. The fraction of sp³-hybridized carbons (Fsp3) is 0.341. The van der Waals surface area contributed by atoms with Gasteiger partial charge in [-0.05, 0) is 92.9 Å². The van der Waals surface area contributed by atoms with E-state index in [0.717, 1.165) is 17.5 Å². The molecule has 4 aromatic carbocycles. The molecule has 0 radical (unpaired) electrons. The second-order valence-electron chi connectivity index (χ2n) is 14.3. The summed E-state index contributed by atoms with van der Waals surface area (Å²) in [7, 11) is 0. The van der Waals surface area contributed by atoms with Crippen molar-refractivity contribution in [2.75, 3.05) is 67.9 Å². The number of nitrogens with one attached hydrogen (secondary N) is 2. The summed E-state index contributed by atoms with van der Waals surface area (Å²) in [6, 6.07) is 26.6. The quantitative estimate of drug-likeness (QED) is 0.204. The van der Waals surface area contributed by atoms with Crippen LogP contribution in [0.4, 0.5) is 35.4 Å². The fourth-order valence-corrected chi connectivity index (χ4v) is 6.78. The first kappa shape index (κ1) is 37.3. The first-order valence-electron chi connectivity index (χ1n) is 18.0. The molecule has 2 aliphatic heterocycles. The molecule has 0 saturated carbocycles. The van der Waals surface area contributed by atoms with Gasteiger partial charge in [-0.3, -0.25) is 9.69 Å². The summed E-state index contributed by atoms with van der Waals surface area (Å²) in [4.78, 5) is 47.5. The third kappa shape index (κ3) is 9.69. The van der Waals surface area contributed by atoms with Gasteiger partial charge in [0.2, 0.25) is 0 Å². The van der Waals surface area contributed by atoms with Crippen LogP contribution in [0.5, 0.6) is 0 Å². The maximum Gasteiger partial charge on any atom is 0.410 e. The van der Waals surface area contributed by atoms with Crippen LogP contribution in [0.1, 0.15) is 54.7 Å². The number of benzene rings is 4. The van der Waals surface area contributed by atoms with Gasteiger partial charge in [-0.2, -0.15) is 0 Å². The molecule has 4 aromatic rings. The van der Waals surface area contributed by atoms with Gasteiger partial charge in [0.25, 0.3) is 5.91 Å². The Kier molecular flexibility index (Phi) is 11.6. The first-order chi connectivity index (χ1) is 25.4. The van der Waals surface area contributed by atoms with Crippen LogP contribution < -0.4 is 15.5 Å². The maximum atomic E-state index is 14.0. The molecule has 2 N–H and O–H groups in total. The van der Waals surface area contributed by atoms with E-state index in [1.54, 1.807) is 58.3 Å². The zero-order valence-electron chi connectivity index (χ0n) is 30.4. The highest BCUT2D eigenvalue weighted by molar-refractivity contribution is 6.03. The lowest BCUT2D eigenvalue weighted by molar-refractivity contribution is 0.0141. The number of amides is 4. The van der Waals surface area contributed by atoms with E-state index in [2.05, 4.69) is 20.4 Å². The van der Waals surface area contributed by atoms with Crippen molar-refractivity contribution in [2.45, 2.75) is 38.8 Å². The molecule has 4 amide bonds. The van der Waals surface area contributed by atoms with Crippen molar-refractivity contribution < 1.29 is 27.9 Å². The summed E-state index contributed by atoms with van der Waals surface area (Å²) in [6.07, 6.45) is 0.353. The van der Waals surface area contributed by atoms with Crippen molar-refractivity contribution in [1.29, 1.82) is 0 Å². The van der Waals surface area contributed by atoms with E-state index in [0.29, 0.717) is 75.0 Å². The molecule has 6 rings (SSSR count). The molecule has 0 spiro atoms. The van der Waals surface area contributed by atoms with Crippen molar-refractivity contribution in [3.63, 3.8) is 0 Å². The number of nitrogens with zero attached hydrogens (tertiary/aromatic N) is 4. The minimum absolute atomic E-state index is 0.167. The van der Waals surface area contributed by atoms with Gasteiger partial charge in [0.1, 0.15) is 17.2 Å². The number of urea groups is 1. The van der Waals surface area contributed by atoms with Gasteiger partial charge in [-0.25, -0.2) is 18.4 Å². The summed E-state index contributed by atoms with van der Waals surface area (Å²) < 4.78 is 33.4. The van der Waals surface area contributed by atoms with E-state index in [1.165, 1.54) is 24.3 Å². The molecule has 0 atom stereocenters. The Bertz CT molecular complexity index is 1830. The minimum atomic E-state index is -0.610. The maximum absolute atomic E-state index is 14.0. The molecule has 53 heavy (non-hydrogen) atoms. The second kappa shape index (κ2) is 16.5. The summed E-state index contributed by atoms with van der Waals surface area (Å²) in [5.74, 6) is -0.826. The van der Waals surface area contributed by atoms with Gasteiger partial charge in [0, 0.05) is 63.6 Å². The van der Waals surface area contributed by atoms with E-state index in [9.17, 15) is 23.2 Å². The molecule has 2 saturated heterocycles. The molecular formula is C41H46F2N6O4. The minimum Gasteiger partial charge on any atom is -0.444 e. The Labute approximate surface area is 309 Å². The van der Waals surface area contributed by atoms with Gasteiger partial charge in [-0.15, -0.1) is 0 Å². The van der Waals surface area contributed by atoms with Crippen LogP contribution in [0.25, 0.3) is 0 Å². The number of carbonyl (C=O) groups is 3. The summed E-state index contributed by atoms with van der Waals surface area (Å²) in [5.41, 5.74) is 3.54. The molecular weight excluding hydrogens is 678 g/mol. The molecule has 0 aromatic heterocycles. The van der Waals surface area contributed by atoms with Crippen LogP contribution in [-0.4, -0.2) is 90.7 Å². The lowest BCUT2D eigenvalue weighted by Gasteiger charge is -2.36. The van der Waals surface area contributed by atoms with E-state index < -0.39 is 17.7 Å². The van der Waals surface area contributed by atoms with Crippen LogP contribution in [0.2, 0.25) is 0 Å². The first-order valence-corrected chi connectivity index (χ1v) is 18.0. The number of rotatable bonds is 7. The van der Waals surface area contributed by atoms with Crippen molar-refractivity contribution in [2.24, 2.45) is 0 Å². The van der Waals surface area contributed by atoms with Crippen molar-refractivity contribution in [3.8, 4) is 0 Å². The van der Waals surface area contributed by atoms with Crippen LogP contribution in [-0.2, 0) is 4.74 Å². The van der Waals surface area contributed by atoms with Crippen molar-refractivity contribution in [1.82, 2.24) is 14.7 Å². The number of hydrogen-bond donors (Lipinski definition) is 2. The number of carbonyl (C=O) groups excluding carboxylic acids is 3. The van der Waals surface area contributed by atoms with Crippen LogP contribution in [0, 0.1) is 11.6 Å². The van der Waals surface area contributed by atoms with E-state index in [4.69, 9.17) is 4.74 Å². The third-order valence-corrected chi connectivity index (χ3v) is 9.35. The molecule has 12 heteroatoms. The highest BCUT2D eigenvalue weighted by atomic mass is 19.1. The standard InChI is InChI=1S/C41H46F2N6O4/c1-41(2,3)53-40(52)49-26-24-48(25-27-49)38(50)31-14-19-35(45-39(51)44-34-8-5-4-6-9-34)36(28-31)46-20-7-21-47(23-22-46)37(29-10-15-32(42)16-11-29)30-12-17-33(43)18-13-30/h4-6,8-19,28,37H,7,20-27H2,1-3H3,(H2,44,45,51). The van der Waals surface area contributed by atoms with Gasteiger partial charge in [0.05, 0.1) is 17.4 Å². The monoisotopic (exact) mass is 724 g/mol. The predicted octanol–water partition coefficient (Wildman–Crippen LogP) is 7.60. The summed E-state index contributed by atoms with van der Waals surface area (Å²) >= 11 is 0. The van der Waals surface area contributed by atoms with E-state index in [-0.39, 0.29) is 23.6 Å². The summed E-state index contributed by atoms with van der Waals surface area (Å²) in [5, 5.41) is 5.86. The van der Waals surface area contributed by atoms with Crippen molar-refractivity contribution >= 4 is 35.1 Å². The molecule has 2 heterocycles.